The van der Waals surface area contributed by atoms with Gasteiger partial charge in [-0.3, -0.25) is 0 Å². The average molecular weight is 281 g/mol. The highest BCUT2D eigenvalue weighted by Gasteiger charge is 1.99. The Balaban J connectivity index is 0.00000180. The van der Waals surface area contributed by atoms with E-state index in [1.54, 1.807) is 18.2 Å². The number of nitrogens with one attached hydrogen (secondary N) is 1. The summed E-state index contributed by atoms with van der Waals surface area (Å²) in [6, 6.07) is 8.86. The van der Waals surface area contributed by atoms with E-state index in [9.17, 15) is 5.11 Å². The van der Waals surface area contributed by atoms with Crippen LogP contribution >= 0.6 is 12.4 Å². The Morgan fingerprint density at radius 3 is 2.53 bits per heavy atom. The van der Waals surface area contributed by atoms with Gasteiger partial charge in [0.05, 0.1) is 0 Å². The summed E-state index contributed by atoms with van der Waals surface area (Å²) < 4.78 is 0. The summed E-state index contributed by atoms with van der Waals surface area (Å²) in [5.41, 5.74) is 7.62. The van der Waals surface area contributed by atoms with Crippen LogP contribution in [0.4, 0.5) is 11.8 Å². The highest BCUT2D eigenvalue weighted by atomic mass is 35.5. The SMILES string of the molecule is Cc1cc(N)nc(NCCc2ccc(O)cc2)n1.Cl. The number of nitrogen functional groups attached to an aromatic ring is 1. The molecule has 19 heavy (non-hydrogen) atoms. The van der Waals surface area contributed by atoms with E-state index in [1.807, 2.05) is 19.1 Å². The smallest absolute Gasteiger partial charge is 0.224 e. The second-order valence-electron chi connectivity index (χ2n) is 4.10. The lowest BCUT2D eigenvalue weighted by atomic mass is 10.1. The van der Waals surface area contributed by atoms with Gasteiger partial charge in [-0.2, -0.15) is 4.98 Å². The Labute approximate surface area is 118 Å². The summed E-state index contributed by atoms with van der Waals surface area (Å²) in [7, 11) is 0. The van der Waals surface area contributed by atoms with Crippen molar-refractivity contribution < 1.29 is 5.11 Å². The van der Waals surface area contributed by atoms with Crippen LogP contribution in [0.5, 0.6) is 5.75 Å². The summed E-state index contributed by atoms with van der Waals surface area (Å²) in [6.07, 6.45) is 0.831. The summed E-state index contributed by atoms with van der Waals surface area (Å²) in [6.45, 7) is 2.59. The molecule has 6 heteroatoms. The molecule has 2 rings (SSSR count). The lowest BCUT2D eigenvalue weighted by Gasteiger charge is -2.06. The minimum Gasteiger partial charge on any atom is -0.508 e. The second kappa shape index (κ2) is 6.80. The topological polar surface area (TPSA) is 84.1 Å². The van der Waals surface area contributed by atoms with E-state index >= 15 is 0 Å². The lowest BCUT2D eigenvalue weighted by molar-refractivity contribution is 0.475. The Kier molecular flexibility index (Phi) is 5.38. The van der Waals surface area contributed by atoms with Gasteiger partial charge >= 0.3 is 0 Å². The molecule has 0 fully saturated rings. The monoisotopic (exact) mass is 280 g/mol. The number of phenols is 1. The van der Waals surface area contributed by atoms with Crippen molar-refractivity contribution in [1.82, 2.24) is 9.97 Å². The third-order valence-electron chi connectivity index (χ3n) is 2.51. The molecule has 0 unspecified atom stereocenters. The van der Waals surface area contributed by atoms with Crippen molar-refractivity contribution in [1.29, 1.82) is 0 Å². The summed E-state index contributed by atoms with van der Waals surface area (Å²) in [4.78, 5) is 8.33. The number of nitrogens with zero attached hydrogens (tertiary/aromatic N) is 2. The Morgan fingerprint density at radius 2 is 1.89 bits per heavy atom. The van der Waals surface area contributed by atoms with Gasteiger partial charge in [-0.1, -0.05) is 12.1 Å². The van der Waals surface area contributed by atoms with Crippen LogP contribution in [0.3, 0.4) is 0 Å². The molecule has 0 radical (unpaired) electrons. The van der Waals surface area contributed by atoms with Crippen LogP contribution in [0.15, 0.2) is 30.3 Å². The number of phenolic OH excluding ortho intramolecular Hbond substituents is 1. The molecular weight excluding hydrogens is 264 g/mol. The number of halogens is 1. The van der Waals surface area contributed by atoms with Crippen molar-refractivity contribution in [2.24, 2.45) is 0 Å². The number of aryl methyl sites for hydroxylation is 1. The highest BCUT2D eigenvalue weighted by Crippen LogP contribution is 2.10. The zero-order valence-electron chi connectivity index (χ0n) is 10.6. The molecule has 0 spiro atoms. The molecule has 102 valence electrons. The fourth-order valence-electron chi connectivity index (χ4n) is 1.65. The van der Waals surface area contributed by atoms with Gasteiger partial charge in [0.1, 0.15) is 11.6 Å². The predicted octanol–water partition coefficient (Wildman–Crippen LogP) is 2.15. The number of hydrogen-bond donors (Lipinski definition) is 3. The van der Waals surface area contributed by atoms with E-state index in [0.717, 1.165) is 17.7 Å². The van der Waals surface area contributed by atoms with E-state index in [0.29, 0.717) is 18.3 Å². The van der Waals surface area contributed by atoms with E-state index in [-0.39, 0.29) is 18.2 Å². The Hall–Kier alpha value is -2.01. The maximum Gasteiger partial charge on any atom is 0.224 e. The number of benzene rings is 1. The molecule has 4 N–H and O–H groups in total. The first-order chi connectivity index (χ1) is 8.63. The Bertz CT molecular complexity index is 510. The maximum absolute atomic E-state index is 9.17. The molecule has 0 aliphatic heterocycles. The van der Waals surface area contributed by atoms with Crippen molar-refractivity contribution in [3.8, 4) is 5.75 Å². The predicted molar refractivity (Wildman–Crippen MR) is 78.7 cm³/mol. The molecule has 1 aromatic carbocycles. The second-order valence-corrected chi connectivity index (χ2v) is 4.10. The van der Waals surface area contributed by atoms with Crippen LogP contribution < -0.4 is 11.1 Å². The van der Waals surface area contributed by atoms with Gasteiger partial charge in [0, 0.05) is 18.3 Å². The molecule has 0 atom stereocenters. The van der Waals surface area contributed by atoms with E-state index < -0.39 is 0 Å². The summed E-state index contributed by atoms with van der Waals surface area (Å²) in [5.74, 6) is 1.29. The largest absolute Gasteiger partial charge is 0.508 e. The molecule has 2 aromatic rings. The molecule has 5 nitrogen and oxygen atoms in total. The van der Waals surface area contributed by atoms with Gasteiger partial charge in [-0.05, 0) is 31.0 Å². The first-order valence-corrected chi connectivity index (χ1v) is 5.76. The number of nitrogens with two attached hydrogens (primary N) is 1. The lowest BCUT2D eigenvalue weighted by Crippen LogP contribution is -2.09. The van der Waals surface area contributed by atoms with Gasteiger partial charge in [-0.25, -0.2) is 4.98 Å². The zero-order chi connectivity index (χ0) is 13.0. The fraction of sp³-hybridized carbons (Fsp3) is 0.231. The average Bonchev–Trinajstić information content (AvgIpc) is 2.30. The van der Waals surface area contributed by atoms with Gasteiger partial charge in [0.15, 0.2) is 0 Å². The van der Waals surface area contributed by atoms with Crippen LogP contribution in [0.2, 0.25) is 0 Å². The first-order valence-electron chi connectivity index (χ1n) is 5.76. The number of aromatic nitrogens is 2. The molecule has 0 saturated heterocycles. The third-order valence-corrected chi connectivity index (χ3v) is 2.51. The molecule has 0 amide bonds. The summed E-state index contributed by atoms with van der Waals surface area (Å²) >= 11 is 0. The fourth-order valence-corrected chi connectivity index (χ4v) is 1.65. The maximum atomic E-state index is 9.17. The number of hydrogen-bond acceptors (Lipinski definition) is 5. The molecule has 0 bridgehead atoms. The molecule has 0 aliphatic rings. The van der Waals surface area contributed by atoms with E-state index in [1.165, 1.54) is 0 Å². The van der Waals surface area contributed by atoms with E-state index in [2.05, 4.69) is 15.3 Å². The highest BCUT2D eigenvalue weighted by molar-refractivity contribution is 5.85. The van der Waals surface area contributed by atoms with Crippen molar-refractivity contribution in [2.75, 3.05) is 17.6 Å². The van der Waals surface area contributed by atoms with Crippen molar-refractivity contribution in [3.05, 3.63) is 41.6 Å². The molecule has 1 heterocycles. The number of rotatable bonds is 4. The van der Waals surface area contributed by atoms with Gasteiger partial charge < -0.3 is 16.2 Å². The van der Waals surface area contributed by atoms with Crippen LogP contribution in [0.1, 0.15) is 11.3 Å². The zero-order valence-corrected chi connectivity index (χ0v) is 11.4. The van der Waals surface area contributed by atoms with Crippen LogP contribution in [0.25, 0.3) is 0 Å². The quantitative estimate of drug-likeness (QED) is 0.799. The van der Waals surface area contributed by atoms with Crippen molar-refractivity contribution in [3.63, 3.8) is 0 Å². The molecular formula is C13H17ClN4O. The molecule has 0 aliphatic carbocycles. The van der Waals surface area contributed by atoms with Crippen LogP contribution in [0, 0.1) is 6.92 Å². The van der Waals surface area contributed by atoms with Crippen molar-refractivity contribution in [2.45, 2.75) is 13.3 Å². The van der Waals surface area contributed by atoms with Gasteiger partial charge in [0.25, 0.3) is 0 Å². The normalized spacial score (nSPS) is 9.74. The van der Waals surface area contributed by atoms with E-state index in [4.69, 9.17) is 5.73 Å². The standard InChI is InChI=1S/C13H16N4O.ClH/c1-9-8-12(14)17-13(16-9)15-7-6-10-2-4-11(18)5-3-10;/h2-5,8,18H,6-7H2,1H3,(H3,14,15,16,17);1H. The number of anilines is 2. The van der Waals surface area contributed by atoms with Gasteiger partial charge in [-0.15, -0.1) is 12.4 Å². The molecule has 1 aromatic heterocycles. The minimum absolute atomic E-state index is 0. The van der Waals surface area contributed by atoms with Crippen LogP contribution in [-0.4, -0.2) is 21.6 Å². The number of aromatic hydroxyl groups is 1. The third kappa shape index (κ3) is 4.63. The van der Waals surface area contributed by atoms with Crippen LogP contribution in [-0.2, 0) is 6.42 Å². The van der Waals surface area contributed by atoms with Gasteiger partial charge in [0.2, 0.25) is 5.95 Å². The minimum atomic E-state index is 0. The van der Waals surface area contributed by atoms with Crippen molar-refractivity contribution >= 4 is 24.2 Å². The Morgan fingerprint density at radius 1 is 1.21 bits per heavy atom. The summed E-state index contributed by atoms with van der Waals surface area (Å²) in [5, 5.41) is 12.3. The molecule has 0 saturated carbocycles. The first kappa shape index (κ1) is 15.0.